The molecule has 1 amide bonds. The molecular formula is C17H25F3N4O3. The maximum absolute atomic E-state index is 12.1. The first kappa shape index (κ1) is 22.4. The van der Waals surface area contributed by atoms with Crippen molar-refractivity contribution in [2.45, 2.75) is 39.6 Å². The molecule has 1 atom stereocenters. The van der Waals surface area contributed by atoms with Gasteiger partial charge in [0, 0.05) is 5.69 Å². The van der Waals surface area contributed by atoms with E-state index in [2.05, 4.69) is 20.4 Å². The SMILES string of the molecule is CCOC(=O)NC(CN=C(N)Nc1ccc(OC(F)(F)F)cc1)CC(C)C. The number of benzene rings is 1. The molecule has 0 bridgehead atoms. The summed E-state index contributed by atoms with van der Waals surface area (Å²) in [5.41, 5.74) is 6.25. The van der Waals surface area contributed by atoms with Crippen molar-refractivity contribution in [3.63, 3.8) is 0 Å². The first-order valence-corrected chi connectivity index (χ1v) is 8.45. The second-order valence-corrected chi connectivity index (χ2v) is 6.11. The number of rotatable bonds is 8. The maximum Gasteiger partial charge on any atom is 0.573 e. The van der Waals surface area contributed by atoms with E-state index in [0.717, 1.165) is 12.1 Å². The number of nitrogens with two attached hydrogens (primary N) is 1. The van der Waals surface area contributed by atoms with Crippen LogP contribution < -0.4 is 21.1 Å². The number of guanidine groups is 1. The molecule has 0 aromatic heterocycles. The van der Waals surface area contributed by atoms with Gasteiger partial charge in [0.15, 0.2) is 5.96 Å². The summed E-state index contributed by atoms with van der Waals surface area (Å²) in [4.78, 5) is 15.8. The fourth-order valence-electron chi connectivity index (χ4n) is 2.22. The van der Waals surface area contributed by atoms with Crippen LogP contribution in [0.25, 0.3) is 0 Å². The Balaban J connectivity index is 2.63. The van der Waals surface area contributed by atoms with Crippen LogP contribution in [0.2, 0.25) is 0 Å². The monoisotopic (exact) mass is 390 g/mol. The molecule has 1 rings (SSSR count). The lowest BCUT2D eigenvalue weighted by Gasteiger charge is -2.18. The van der Waals surface area contributed by atoms with Crippen molar-refractivity contribution in [2.24, 2.45) is 16.6 Å². The molecule has 1 unspecified atom stereocenters. The quantitative estimate of drug-likeness (QED) is 0.466. The first-order chi connectivity index (χ1) is 12.6. The number of alkyl carbamates (subject to hydrolysis) is 1. The molecule has 7 nitrogen and oxygen atoms in total. The number of halogens is 3. The molecule has 4 N–H and O–H groups in total. The number of aliphatic imine (C=N–C) groups is 1. The fourth-order valence-corrected chi connectivity index (χ4v) is 2.22. The highest BCUT2D eigenvalue weighted by molar-refractivity contribution is 5.92. The lowest BCUT2D eigenvalue weighted by Crippen LogP contribution is -2.39. The summed E-state index contributed by atoms with van der Waals surface area (Å²) in [6.45, 7) is 6.22. The number of anilines is 1. The van der Waals surface area contributed by atoms with Crippen LogP contribution in [-0.4, -0.2) is 37.6 Å². The van der Waals surface area contributed by atoms with E-state index in [0.29, 0.717) is 18.0 Å². The fraction of sp³-hybridized carbons (Fsp3) is 0.529. The summed E-state index contributed by atoms with van der Waals surface area (Å²) < 4.78 is 45.1. The number of ether oxygens (including phenoxy) is 2. The summed E-state index contributed by atoms with van der Waals surface area (Å²) in [7, 11) is 0. The Morgan fingerprint density at radius 3 is 2.41 bits per heavy atom. The molecule has 1 aromatic carbocycles. The van der Waals surface area contributed by atoms with Crippen LogP contribution in [0.3, 0.4) is 0 Å². The van der Waals surface area contributed by atoms with E-state index >= 15 is 0 Å². The van der Waals surface area contributed by atoms with Gasteiger partial charge < -0.3 is 25.8 Å². The number of carbonyl (C=O) groups excluding carboxylic acids is 1. The molecule has 0 saturated carbocycles. The molecule has 0 aliphatic heterocycles. The smallest absolute Gasteiger partial charge is 0.450 e. The Labute approximate surface area is 156 Å². The number of amides is 1. The van der Waals surface area contributed by atoms with Gasteiger partial charge in [-0.25, -0.2) is 4.79 Å². The molecule has 0 aliphatic carbocycles. The first-order valence-electron chi connectivity index (χ1n) is 8.45. The Morgan fingerprint density at radius 1 is 1.26 bits per heavy atom. The van der Waals surface area contributed by atoms with E-state index < -0.39 is 12.5 Å². The summed E-state index contributed by atoms with van der Waals surface area (Å²) in [5, 5.41) is 5.49. The van der Waals surface area contributed by atoms with Crippen LogP contribution in [0.15, 0.2) is 29.3 Å². The van der Waals surface area contributed by atoms with Crippen molar-refractivity contribution in [3.8, 4) is 5.75 Å². The van der Waals surface area contributed by atoms with Gasteiger partial charge in [0.2, 0.25) is 0 Å². The molecule has 0 aliphatic rings. The normalized spacial score (nSPS) is 13.2. The maximum atomic E-state index is 12.1. The van der Waals surface area contributed by atoms with Crippen LogP contribution in [0.5, 0.6) is 5.75 Å². The zero-order valence-electron chi connectivity index (χ0n) is 15.5. The van der Waals surface area contributed by atoms with Crippen molar-refractivity contribution < 1.29 is 27.4 Å². The Kier molecular flexibility index (Phi) is 8.70. The van der Waals surface area contributed by atoms with E-state index in [1.807, 2.05) is 13.8 Å². The van der Waals surface area contributed by atoms with Gasteiger partial charge in [0.1, 0.15) is 5.75 Å². The van der Waals surface area contributed by atoms with Crippen LogP contribution in [0.1, 0.15) is 27.2 Å². The number of nitrogens with zero attached hydrogens (tertiary/aromatic N) is 1. The molecule has 0 saturated heterocycles. The van der Waals surface area contributed by atoms with E-state index in [-0.39, 0.29) is 30.9 Å². The molecule has 0 fully saturated rings. The van der Waals surface area contributed by atoms with Crippen LogP contribution in [0.4, 0.5) is 23.7 Å². The number of hydrogen-bond donors (Lipinski definition) is 3. The van der Waals surface area contributed by atoms with Gasteiger partial charge in [-0.15, -0.1) is 13.2 Å². The second kappa shape index (κ2) is 10.5. The van der Waals surface area contributed by atoms with Crippen molar-refractivity contribution in [3.05, 3.63) is 24.3 Å². The molecular weight excluding hydrogens is 365 g/mol. The standard InChI is InChI=1S/C17H25F3N4O3/c1-4-26-16(25)24-13(9-11(2)3)10-22-15(21)23-12-5-7-14(8-6-12)27-17(18,19)20/h5-8,11,13H,4,9-10H2,1-3H3,(H,24,25)(H3,21,22,23). The van der Waals surface area contributed by atoms with Gasteiger partial charge in [-0.3, -0.25) is 4.99 Å². The Bertz CT molecular complexity index is 619. The predicted molar refractivity (Wildman–Crippen MR) is 96.6 cm³/mol. The topological polar surface area (TPSA) is 98.0 Å². The molecule has 152 valence electrons. The molecule has 0 heterocycles. The predicted octanol–water partition coefficient (Wildman–Crippen LogP) is 3.47. The number of nitrogens with one attached hydrogen (secondary N) is 2. The highest BCUT2D eigenvalue weighted by atomic mass is 19.4. The molecule has 0 radical (unpaired) electrons. The van der Waals surface area contributed by atoms with Gasteiger partial charge in [0.25, 0.3) is 0 Å². The van der Waals surface area contributed by atoms with Crippen molar-refractivity contribution in [1.29, 1.82) is 0 Å². The molecule has 27 heavy (non-hydrogen) atoms. The minimum absolute atomic E-state index is 0.0684. The third kappa shape index (κ3) is 10.2. The molecule has 1 aromatic rings. The van der Waals surface area contributed by atoms with Crippen LogP contribution in [-0.2, 0) is 4.74 Å². The van der Waals surface area contributed by atoms with Crippen LogP contribution >= 0.6 is 0 Å². The van der Waals surface area contributed by atoms with Gasteiger partial charge in [-0.05, 0) is 43.5 Å². The average molecular weight is 390 g/mol. The number of carbonyl (C=O) groups is 1. The van der Waals surface area contributed by atoms with E-state index in [4.69, 9.17) is 10.5 Å². The summed E-state index contributed by atoms with van der Waals surface area (Å²) in [6.07, 6.45) is -4.59. The lowest BCUT2D eigenvalue weighted by molar-refractivity contribution is -0.274. The average Bonchev–Trinajstić information content (AvgIpc) is 2.53. The van der Waals surface area contributed by atoms with Crippen LogP contribution in [0, 0.1) is 5.92 Å². The van der Waals surface area contributed by atoms with E-state index in [1.54, 1.807) is 6.92 Å². The van der Waals surface area contributed by atoms with Gasteiger partial charge in [0.05, 0.1) is 19.2 Å². The Hall–Kier alpha value is -2.65. The van der Waals surface area contributed by atoms with E-state index in [1.165, 1.54) is 12.1 Å². The second-order valence-electron chi connectivity index (χ2n) is 6.11. The highest BCUT2D eigenvalue weighted by Crippen LogP contribution is 2.23. The minimum Gasteiger partial charge on any atom is -0.450 e. The van der Waals surface area contributed by atoms with E-state index in [9.17, 15) is 18.0 Å². The zero-order valence-corrected chi connectivity index (χ0v) is 15.5. The van der Waals surface area contributed by atoms with Crippen molar-refractivity contribution in [2.75, 3.05) is 18.5 Å². The van der Waals surface area contributed by atoms with Gasteiger partial charge in [-0.1, -0.05) is 13.8 Å². The summed E-state index contributed by atoms with van der Waals surface area (Å²) in [5.74, 6) is 0.0561. The number of hydrogen-bond acceptors (Lipinski definition) is 4. The molecule has 10 heteroatoms. The number of alkyl halides is 3. The highest BCUT2D eigenvalue weighted by Gasteiger charge is 2.30. The van der Waals surface area contributed by atoms with Gasteiger partial charge >= 0.3 is 12.5 Å². The van der Waals surface area contributed by atoms with Crippen molar-refractivity contribution in [1.82, 2.24) is 5.32 Å². The Morgan fingerprint density at radius 2 is 1.89 bits per heavy atom. The zero-order chi connectivity index (χ0) is 20.4. The third-order valence-electron chi connectivity index (χ3n) is 3.20. The summed E-state index contributed by atoms with van der Waals surface area (Å²) >= 11 is 0. The van der Waals surface area contributed by atoms with Gasteiger partial charge in [-0.2, -0.15) is 0 Å². The minimum atomic E-state index is -4.74. The largest absolute Gasteiger partial charge is 0.573 e. The summed E-state index contributed by atoms with van der Waals surface area (Å²) in [6, 6.07) is 4.82. The lowest BCUT2D eigenvalue weighted by atomic mass is 10.0. The van der Waals surface area contributed by atoms with Crippen molar-refractivity contribution >= 4 is 17.7 Å². The molecule has 0 spiro atoms. The third-order valence-corrected chi connectivity index (χ3v) is 3.20.